The molecule has 6 nitrogen and oxygen atoms in total. The van der Waals surface area contributed by atoms with Gasteiger partial charge in [-0.3, -0.25) is 9.59 Å². The van der Waals surface area contributed by atoms with Crippen molar-refractivity contribution in [2.24, 2.45) is 0 Å². The van der Waals surface area contributed by atoms with Crippen LogP contribution < -0.4 is 5.32 Å². The fourth-order valence-electron chi connectivity index (χ4n) is 1.80. The van der Waals surface area contributed by atoms with Gasteiger partial charge in [0.15, 0.2) is 0 Å². The van der Waals surface area contributed by atoms with Crippen LogP contribution in [-0.4, -0.2) is 39.3 Å². The van der Waals surface area contributed by atoms with E-state index in [1.54, 1.807) is 26.1 Å². The predicted molar refractivity (Wildman–Crippen MR) is 59.8 cm³/mol. The van der Waals surface area contributed by atoms with Gasteiger partial charge in [-0.05, 0) is 19.9 Å². The van der Waals surface area contributed by atoms with Gasteiger partial charge in [0.05, 0.1) is 12.2 Å². The molecule has 0 aromatic carbocycles. The second-order valence-electron chi connectivity index (χ2n) is 4.08. The minimum absolute atomic E-state index is 0.0825. The van der Waals surface area contributed by atoms with E-state index in [1.165, 1.54) is 4.90 Å². The van der Waals surface area contributed by atoms with Gasteiger partial charge in [0.1, 0.15) is 18.4 Å². The molecular weight excluding hydrogens is 220 g/mol. The summed E-state index contributed by atoms with van der Waals surface area (Å²) in [7, 11) is 0. The standard InChI is InChI=1S/C11H14N4O2/c1-7-11(17)15(6-10(16)13-7)5-9-3-4-12-8(2)14-9/h3-4,7H,5-6H2,1-2H3,(H,13,16). The molecule has 1 saturated heterocycles. The third kappa shape index (κ3) is 2.58. The average molecular weight is 234 g/mol. The molecule has 0 spiro atoms. The number of aryl methyl sites for hydroxylation is 1. The number of carbonyl (C=O) groups is 2. The maximum Gasteiger partial charge on any atom is 0.245 e. The van der Waals surface area contributed by atoms with Gasteiger partial charge in [0.25, 0.3) is 0 Å². The Bertz CT molecular complexity index is 461. The molecule has 0 bridgehead atoms. The third-order valence-electron chi connectivity index (χ3n) is 2.58. The van der Waals surface area contributed by atoms with Crippen LogP contribution in [-0.2, 0) is 16.1 Å². The Labute approximate surface area is 99.1 Å². The Balaban J connectivity index is 2.12. The molecule has 1 atom stereocenters. The number of nitrogens with zero attached hydrogens (tertiary/aromatic N) is 3. The number of amides is 2. The molecule has 1 unspecified atom stereocenters. The number of rotatable bonds is 2. The van der Waals surface area contributed by atoms with E-state index < -0.39 is 6.04 Å². The first-order valence-electron chi connectivity index (χ1n) is 5.43. The normalized spacial score (nSPS) is 20.4. The van der Waals surface area contributed by atoms with Crippen molar-refractivity contribution in [2.75, 3.05) is 6.54 Å². The lowest BCUT2D eigenvalue weighted by molar-refractivity contribution is -0.144. The Hall–Kier alpha value is -1.98. The number of carbonyl (C=O) groups excluding carboxylic acids is 2. The van der Waals surface area contributed by atoms with Crippen LogP contribution in [0.4, 0.5) is 0 Å². The highest BCUT2D eigenvalue weighted by Crippen LogP contribution is 2.07. The summed E-state index contributed by atoms with van der Waals surface area (Å²) >= 11 is 0. The number of nitrogens with one attached hydrogen (secondary N) is 1. The molecule has 1 aromatic rings. The van der Waals surface area contributed by atoms with Gasteiger partial charge in [-0.25, -0.2) is 9.97 Å². The molecule has 1 N–H and O–H groups in total. The van der Waals surface area contributed by atoms with E-state index >= 15 is 0 Å². The van der Waals surface area contributed by atoms with E-state index in [1.807, 2.05) is 0 Å². The maximum atomic E-state index is 11.8. The van der Waals surface area contributed by atoms with Crippen LogP contribution in [0.5, 0.6) is 0 Å². The van der Waals surface area contributed by atoms with Crippen molar-refractivity contribution in [1.82, 2.24) is 20.2 Å². The molecule has 2 heterocycles. The van der Waals surface area contributed by atoms with Crippen LogP contribution in [0.25, 0.3) is 0 Å². The van der Waals surface area contributed by atoms with Gasteiger partial charge in [-0.2, -0.15) is 0 Å². The monoisotopic (exact) mass is 234 g/mol. The largest absolute Gasteiger partial charge is 0.343 e. The van der Waals surface area contributed by atoms with E-state index in [0.29, 0.717) is 12.4 Å². The zero-order valence-electron chi connectivity index (χ0n) is 9.80. The number of piperazine rings is 1. The average Bonchev–Trinajstić information content (AvgIpc) is 2.25. The fourth-order valence-corrected chi connectivity index (χ4v) is 1.80. The van der Waals surface area contributed by atoms with E-state index in [0.717, 1.165) is 5.69 Å². The molecule has 1 aliphatic rings. The Kier molecular flexibility index (Phi) is 3.03. The molecule has 0 aliphatic carbocycles. The van der Waals surface area contributed by atoms with Crippen LogP contribution in [0.1, 0.15) is 18.4 Å². The molecule has 2 rings (SSSR count). The molecule has 1 aromatic heterocycles. The Morgan fingerprint density at radius 2 is 2.29 bits per heavy atom. The van der Waals surface area contributed by atoms with Gasteiger partial charge < -0.3 is 10.2 Å². The predicted octanol–water partition coefficient (Wildman–Crippen LogP) is -0.368. The highest BCUT2D eigenvalue weighted by Gasteiger charge is 2.29. The second kappa shape index (κ2) is 4.48. The van der Waals surface area contributed by atoms with E-state index in [-0.39, 0.29) is 18.4 Å². The lowest BCUT2D eigenvalue weighted by Crippen LogP contribution is -2.56. The number of hydrogen-bond donors (Lipinski definition) is 1. The van der Waals surface area contributed by atoms with Gasteiger partial charge in [-0.15, -0.1) is 0 Å². The molecule has 2 amide bonds. The topological polar surface area (TPSA) is 75.2 Å². The van der Waals surface area contributed by atoms with Crippen LogP contribution in [0.3, 0.4) is 0 Å². The smallest absolute Gasteiger partial charge is 0.245 e. The summed E-state index contributed by atoms with van der Waals surface area (Å²) in [6.07, 6.45) is 1.65. The molecule has 90 valence electrons. The molecule has 1 fully saturated rings. The first kappa shape index (κ1) is 11.5. The zero-order valence-corrected chi connectivity index (χ0v) is 9.80. The van der Waals surface area contributed by atoms with Crippen LogP contribution >= 0.6 is 0 Å². The van der Waals surface area contributed by atoms with Gasteiger partial charge in [0.2, 0.25) is 11.8 Å². The molecular formula is C11H14N4O2. The van der Waals surface area contributed by atoms with Gasteiger partial charge >= 0.3 is 0 Å². The molecule has 0 saturated carbocycles. The summed E-state index contributed by atoms with van der Waals surface area (Å²) in [6, 6.07) is 1.29. The minimum Gasteiger partial charge on any atom is -0.343 e. The first-order chi connectivity index (χ1) is 8.06. The van der Waals surface area contributed by atoms with Crippen molar-refractivity contribution in [3.8, 4) is 0 Å². The SMILES string of the molecule is Cc1nccc(CN2CC(=O)NC(C)C2=O)n1. The van der Waals surface area contributed by atoms with Crippen molar-refractivity contribution in [3.05, 3.63) is 23.8 Å². The van der Waals surface area contributed by atoms with Crippen molar-refractivity contribution in [2.45, 2.75) is 26.4 Å². The van der Waals surface area contributed by atoms with Crippen molar-refractivity contribution in [1.29, 1.82) is 0 Å². The van der Waals surface area contributed by atoms with Crippen molar-refractivity contribution >= 4 is 11.8 Å². The van der Waals surface area contributed by atoms with Crippen LogP contribution in [0.15, 0.2) is 12.3 Å². The Morgan fingerprint density at radius 3 is 3.00 bits per heavy atom. The molecule has 0 radical (unpaired) electrons. The van der Waals surface area contributed by atoms with E-state index in [9.17, 15) is 9.59 Å². The summed E-state index contributed by atoms with van der Waals surface area (Å²) in [5.41, 5.74) is 0.743. The van der Waals surface area contributed by atoms with E-state index in [4.69, 9.17) is 0 Å². The summed E-state index contributed by atoms with van der Waals surface area (Å²) < 4.78 is 0. The fraction of sp³-hybridized carbons (Fsp3) is 0.455. The summed E-state index contributed by atoms with van der Waals surface area (Å²) in [6.45, 7) is 3.90. The summed E-state index contributed by atoms with van der Waals surface area (Å²) in [5, 5.41) is 2.59. The zero-order chi connectivity index (χ0) is 12.4. The summed E-state index contributed by atoms with van der Waals surface area (Å²) in [4.78, 5) is 32.9. The van der Waals surface area contributed by atoms with Gasteiger partial charge in [-0.1, -0.05) is 0 Å². The van der Waals surface area contributed by atoms with Crippen LogP contribution in [0.2, 0.25) is 0 Å². The quantitative estimate of drug-likeness (QED) is 0.757. The van der Waals surface area contributed by atoms with E-state index in [2.05, 4.69) is 15.3 Å². The number of aromatic nitrogens is 2. The first-order valence-corrected chi connectivity index (χ1v) is 5.43. The van der Waals surface area contributed by atoms with Gasteiger partial charge in [0, 0.05) is 6.20 Å². The van der Waals surface area contributed by atoms with Crippen molar-refractivity contribution < 1.29 is 9.59 Å². The maximum absolute atomic E-state index is 11.8. The molecule has 1 aliphatic heterocycles. The lowest BCUT2D eigenvalue weighted by atomic mass is 10.2. The van der Waals surface area contributed by atoms with Crippen LogP contribution in [0, 0.1) is 6.92 Å². The second-order valence-corrected chi connectivity index (χ2v) is 4.08. The molecule has 17 heavy (non-hydrogen) atoms. The number of hydrogen-bond acceptors (Lipinski definition) is 4. The van der Waals surface area contributed by atoms with Crippen molar-refractivity contribution in [3.63, 3.8) is 0 Å². The highest BCUT2D eigenvalue weighted by molar-refractivity contribution is 5.94. The lowest BCUT2D eigenvalue weighted by Gasteiger charge is -2.30. The highest BCUT2D eigenvalue weighted by atomic mass is 16.2. The Morgan fingerprint density at radius 1 is 1.53 bits per heavy atom. The summed E-state index contributed by atoms with van der Waals surface area (Å²) in [5.74, 6) is 0.438. The molecule has 6 heteroatoms. The minimum atomic E-state index is -0.459. The third-order valence-corrected chi connectivity index (χ3v) is 2.58.